The molecule has 1 aromatic carbocycles. The maximum atomic E-state index is 13.1. The van der Waals surface area contributed by atoms with Gasteiger partial charge in [-0.3, -0.25) is 0 Å². The molecule has 0 spiro atoms. The van der Waals surface area contributed by atoms with Gasteiger partial charge in [0.15, 0.2) is 0 Å². The van der Waals surface area contributed by atoms with Crippen LogP contribution in [0.25, 0.3) is 0 Å². The summed E-state index contributed by atoms with van der Waals surface area (Å²) in [5.41, 5.74) is 0.858. The van der Waals surface area contributed by atoms with Gasteiger partial charge in [0.25, 0.3) is 0 Å². The van der Waals surface area contributed by atoms with Crippen molar-refractivity contribution in [1.82, 2.24) is 0 Å². The van der Waals surface area contributed by atoms with E-state index in [1.807, 2.05) is 0 Å². The van der Waals surface area contributed by atoms with Crippen molar-refractivity contribution in [2.24, 2.45) is 0 Å². The first-order chi connectivity index (χ1) is 8.47. The van der Waals surface area contributed by atoms with Crippen LogP contribution in [-0.4, -0.2) is 5.11 Å². The van der Waals surface area contributed by atoms with Crippen LogP contribution in [0.2, 0.25) is 4.34 Å². The minimum Gasteiger partial charge on any atom is -0.387 e. The van der Waals surface area contributed by atoms with E-state index < -0.39 is 6.10 Å². The molecule has 0 radical (unpaired) electrons. The Balaban J connectivity index is 2.15. The SMILES string of the molecule is OC(Cc1ccc(F)c(Br)c1)c1cc(Br)c(Cl)s1. The molecule has 1 unspecified atom stereocenters. The molecule has 0 aliphatic rings. The van der Waals surface area contributed by atoms with E-state index in [-0.39, 0.29) is 5.82 Å². The summed E-state index contributed by atoms with van der Waals surface area (Å²) in [7, 11) is 0. The van der Waals surface area contributed by atoms with Crippen molar-refractivity contribution in [3.63, 3.8) is 0 Å². The molecule has 0 bridgehead atoms. The predicted molar refractivity (Wildman–Crippen MR) is 79.8 cm³/mol. The van der Waals surface area contributed by atoms with E-state index in [0.29, 0.717) is 15.2 Å². The van der Waals surface area contributed by atoms with E-state index in [4.69, 9.17) is 11.6 Å². The maximum Gasteiger partial charge on any atom is 0.137 e. The van der Waals surface area contributed by atoms with Gasteiger partial charge in [-0.05, 0) is 55.6 Å². The average Bonchev–Trinajstić information content (AvgIpc) is 2.65. The summed E-state index contributed by atoms with van der Waals surface area (Å²) in [6, 6.07) is 6.51. The van der Waals surface area contributed by atoms with Crippen molar-refractivity contribution in [1.29, 1.82) is 0 Å². The number of rotatable bonds is 3. The summed E-state index contributed by atoms with van der Waals surface area (Å²) < 4.78 is 14.9. The number of halogens is 4. The van der Waals surface area contributed by atoms with Crippen LogP contribution in [-0.2, 0) is 6.42 Å². The van der Waals surface area contributed by atoms with Crippen LogP contribution in [0.3, 0.4) is 0 Å². The smallest absolute Gasteiger partial charge is 0.137 e. The summed E-state index contributed by atoms with van der Waals surface area (Å²) in [6.07, 6.45) is -0.224. The van der Waals surface area contributed by atoms with Crippen molar-refractivity contribution in [2.75, 3.05) is 0 Å². The van der Waals surface area contributed by atoms with Crippen LogP contribution in [0, 0.1) is 5.82 Å². The predicted octanol–water partition coefficient (Wildman–Crippen LogP) is 5.34. The molecular formula is C12H8Br2ClFOS. The van der Waals surface area contributed by atoms with Crippen molar-refractivity contribution >= 4 is 54.8 Å². The molecule has 0 saturated carbocycles. The van der Waals surface area contributed by atoms with Crippen LogP contribution < -0.4 is 0 Å². The highest BCUT2D eigenvalue weighted by molar-refractivity contribution is 9.10. The Hall–Kier alpha value is 0.0600. The van der Waals surface area contributed by atoms with E-state index in [0.717, 1.165) is 14.9 Å². The summed E-state index contributed by atoms with van der Waals surface area (Å²) in [5.74, 6) is -0.310. The Morgan fingerprint density at radius 1 is 1.28 bits per heavy atom. The first-order valence-corrected chi connectivity index (χ1v) is 7.82. The first-order valence-electron chi connectivity index (χ1n) is 5.04. The number of hydrogen-bond donors (Lipinski definition) is 1. The number of hydrogen-bond acceptors (Lipinski definition) is 2. The Labute approximate surface area is 130 Å². The number of benzene rings is 1. The van der Waals surface area contributed by atoms with Gasteiger partial charge >= 0.3 is 0 Å². The molecule has 1 atom stereocenters. The zero-order valence-corrected chi connectivity index (χ0v) is 13.7. The molecule has 1 nitrogen and oxygen atoms in total. The van der Waals surface area contributed by atoms with Gasteiger partial charge < -0.3 is 5.11 Å². The van der Waals surface area contributed by atoms with Crippen molar-refractivity contribution in [2.45, 2.75) is 12.5 Å². The summed E-state index contributed by atoms with van der Waals surface area (Å²) in [6.45, 7) is 0. The minimum absolute atomic E-state index is 0.310. The molecule has 6 heteroatoms. The Morgan fingerprint density at radius 3 is 2.56 bits per heavy atom. The Morgan fingerprint density at radius 2 is 2.00 bits per heavy atom. The van der Waals surface area contributed by atoms with Crippen LogP contribution in [0.15, 0.2) is 33.2 Å². The molecule has 96 valence electrons. The van der Waals surface area contributed by atoms with E-state index in [2.05, 4.69) is 31.9 Å². The van der Waals surface area contributed by atoms with E-state index >= 15 is 0 Å². The molecule has 0 amide bonds. The molecule has 2 aromatic rings. The fourth-order valence-electron chi connectivity index (χ4n) is 1.52. The van der Waals surface area contributed by atoms with Crippen molar-refractivity contribution in [3.8, 4) is 0 Å². The van der Waals surface area contributed by atoms with Crippen LogP contribution >= 0.6 is 54.8 Å². The molecular weight excluding hydrogens is 406 g/mol. The quantitative estimate of drug-likeness (QED) is 0.719. The van der Waals surface area contributed by atoms with E-state index in [1.165, 1.54) is 17.4 Å². The molecule has 2 rings (SSSR count). The molecule has 0 aliphatic heterocycles. The molecule has 0 fully saturated rings. The highest BCUT2D eigenvalue weighted by Gasteiger charge is 2.14. The maximum absolute atomic E-state index is 13.1. The molecule has 18 heavy (non-hydrogen) atoms. The summed E-state index contributed by atoms with van der Waals surface area (Å²) >= 11 is 13.7. The molecule has 0 saturated heterocycles. The first kappa shape index (κ1) is 14.5. The second kappa shape index (κ2) is 6.01. The fourth-order valence-corrected chi connectivity index (χ4v) is 3.67. The van der Waals surface area contributed by atoms with Gasteiger partial charge in [0, 0.05) is 15.8 Å². The topological polar surface area (TPSA) is 20.2 Å². The highest BCUT2D eigenvalue weighted by atomic mass is 79.9. The molecule has 1 heterocycles. The van der Waals surface area contributed by atoms with Gasteiger partial charge in [-0.1, -0.05) is 17.7 Å². The lowest BCUT2D eigenvalue weighted by Gasteiger charge is -2.09. The number of thiophene rings is 1. The van der Waals surface area contributed by atoms with E-state index in [9.17, 15) is 9.50 Å². The van der Waals surface area contributed by atoms with Gasteiger partial charge in [-0.15, -0.1) is 11.3 Å². The second-order valence-electron chi connectivity index (χ2n) is 3.74. The van der Waals surface area contributed by atoms with Crippen molar-refractivity contribution in [3.05, 3.63) is 53.8 Å². The van der Waals surface area contributed by atoms with Gasteiger partial charge in [0.1, 0.15) is 10.2 Å². The standard InChI is InChI=1S/C12H8Br2ClFOS/c13-7-3-6(1-2-9(7)16)4-10(17)11-5-8(14)12(15)18-11/h1-3,5,10,17H,4H2. The fraction of sp³-hybridized carbons (Fsp3) is 0.167. The average molecular weight is 415 g/mol. The highest BCUT2D eigenvalue weighted by Crippen LogP contribution is 2.36. The normalized spacial score (nSPS) is 12.7. The molecule has 0 aliphatic carbocycles. The molecule has 1 aromatic heterocycles. The minimum atomic E-state index is -0.642. The molecule has 1 N–H and O–H groups in total. The van der Waals surface area contributed by atoms with Gasteiger partial charge in [0.05, 0.1) is 10.6 Å². The third-order valence-electron chi connectivity index (χ3n) is 2.41. The van der Waals surface area contributed by atoms with Gasteiger partial charge in [-0.2, -0.15) is 0 Å². The third-order valence-corrected chi connectivity index (χ3v) is 5.59. The number of aliphatic hydroxyl groups excluding tert-OH is 1. The van der Waals surface area contributed by atoms with Crippen LogP contribution in [0.5, 0.6) is 0 Å². The van der Waals surface area contributed by atoms with Gasteiger partial charge in [-0.25, -0.2) is 4.39 Å². The van der Waals surface area contributed by atoms with Crippen molar-refractivity contribution < 1.29 is 9.50 Å². The monoisotopic (exact) mass is 412 g/mol. The largest absolute Gasteiger partial charge is 0.387 e. The lowest BCUT2D eigenvalue weighted by atomic mass is 10.1. The lowest BCUT2D eigenvalue weighted by molar-refractivity contribution is 0.182. The lowest BCUT2D eigenvalue weighted by Crippen LogP contribution is -1.99. The zero-order chi connectivity index (χ0) is 13.3. The Bertz CT molecular complexity index is 554. The number of aliphatic hydroxyl groups is 1. The van der Waals surface area contributed by atoms with E-state index in [1.54, 1.807) is 18.2 Å². The summed E-state index contributed by atoms with van der Waals surface area (Å²) in [5, 5.41) is 10.1. The van der Waals surface area contributed by atoms with Crippen LogP contribution in [0.1, 0.15) is 16.5 Å². The Kier molecular flexibility index (Phi) is 4.83. The summed E-state index contributed by atoms with van der Waals surface area (Å²) in [4.78, 5) is 0.785. The second-order valence-corrected chi connectivity index (χ2v) is 7.13. The van der Waals surface area contributed by atoms with Crippen LogP contribution in [0.4, 0.5) is 4.39 Å². The van der Waals surface area contributed by atoms with Gasteiger partial charge in [0.2, 0.25) is 0 Å². The third kappa shape index (κ3) is 3.33. The zero-order valence-electron chi connectivity index (χ0n) is 8.96.